The van der Waals surface area contributed by atoms with E-state index in [9.17, 15) is 40.2 Å². The predicted octanol–water partition coefficient (Wildman–Crippen LogP) is 4.26. The van der Waals surface area contributed by atoms with Gasteiger partial charge in [-0.3, -0.25) is 9.59 Å². The molecule has 10 nitrogen and oxygen atoms in total. The summed E-state index contributed by atoms with van der Waals surface area (Å²) in [6.07, 6.45) is -0.492. The van der Waals surface area contributed by atoms with Gasteiger partial charge < -0.3 is 40.1 Å². The number of methoxy groups -OCH3 is 2. The first kappa shape index (κ1) is 27.6. The zero-order valence-electron chi connectivity index (χ0n) is 23.5. The van der Waals surface area contributed by atoms with E-state index in [1.165, 1.54) is 40.2 Å². The number of Topliss-reactive ketones (excluding diaryl/α,β-unsaturated/α-hetero) is 2. The predicted molar refractivity (Wildman–Crippen MR) is 153 cm³/mol. The van der Waals surface area contributed by atoms with Crippen molar-refractivity contribution in [2.45, 2.75) is 50.7 Å². The molecule has 6 rings (SSSR count). The van der Waals surface area contributed by atoms with Crippen LogP contribution in [0.4, 0.5) is 0 Å². The molecule has 0 aliphatic heterocycles. The molecule has 2 aliphatic rings. The normalized spacial score (nSPS) is 21.9. The Balaban J connectivity index is 1.81. The summed E-state index contributed by atoms with van der Waals surface area (Å²) in [5.74, 6) is -2.53. The quantitative estimate of drug-likeness (QED) is 0.207. The van der Waals surface area contributed by atoms with Gasteiger partial charge >= 0.3 is 0 Å². The van der Waals surface area contributed by atoms with E-state index in [0.29, 0.717) is 10.9 Å². The molecule has 2 atom stereocenters. The van der Waals surface area contributed by atoms with Gasteiger partial charge in [0.15, 0.2) is 11.6 Å². The summed E-state index contributed by atoms with van der Waals surface area (Å²) in [7, 11) is 2.75. The van der Waals surface area contributed by atoms with Crippen LogP contribution in [0.15, 0.2) is 24.3 Å². The van der Waals surface area contributed by atoms with E-state index >= 15 is 0 Å². The lowest BCUT2D eigenvalue weighted by molar-refractivity contribution is 0.0396. The number of carbonyl (C=O) groups excluding carboxylic acids is 2. The van der Waals surface area contributed by atoms with Crippen LogP contribution in [-0.2, 0) is 12.8 Å². The molecule has 2 unspecified atom stereocenters. The average molecular weight is 575 g/mol. The molecule has 0 aromatic heterocycles. The summed E-state index contributed by atoms with van der Waals surface area (Å²) in [5.41, 5.74) is -2.12. The van der Waals surface area contributed by atoms with Gasteiger partial charge in [0, 0.05) is 42.7 Å². The molecule has 0 amide bonds. The van der Waals surface area contributed by atoms with Gasteiger partial charge in [0.2, 0.25) is 0 Å². The highest BCUT2D eigenvalue weighted by molar-refractivity contribution is 6.18. The van der Waals surface area contributed by atoms with Crippen molar-refractivity contribution in [3.05, 3.63) is 46.5 Å². The second-order valence-corrected chi connectivity index (χ2v) is 11.9. The number of hydrogen-bond donors (Lipinski definition) is 6. The number of carbonyl (C=O) groups is 2. The van der Waals surface area contributed by atoms with Crippen LogP contribution < -0.4 is 9.47 Å². The van der Waals surface area contributed by atoms with Crippen molar-refractivity contribution in [2.24, 2.45) is 0 Å². The maximum Gasteiger partial charge on any atom is 0.169 e. The van der Waals surface area contributed by atoms with Crippen molar-refractivity contribution in [3.8, 4) is 45.6 Å². The highest BCUT2D eigenvalue weighted by Crippen LogP contribution is 2.55. The highest BCUT2D eigenvalue weighted by atomic mass is 16.5. The lowest BCUT2D eigenvalue weighted by Crippen LogP contribution is -2.36. The second kappa shape index (κ2) is 8.98. The van der Waals surface area contributed by atoms with Gasteiger partial charge in [-0.1, -0.05) is 0 Å². The number of phenols is 4. The molecule has 0 saturated heterocycles. The molecule has 218 valence electrons. The zero-order valence-corrected chi connectivity index (χ0v) is 23.5. The SMILES string of the molecule is COc1cc(O)c2c(O)c3c(c(-c4c(OC)cc5cc6c(c(O)c5c4O)C(=O)CC(C)(O)C6)c2c1)CC(C)(O)CC3=O. The Morgan fingerprint density at radius 1 is 0.667 bits per heavy atom. The van der Waals surface area contributed by atoms with Gasteiger partial charge in [-0.05, 0) is 48.6 Å². The van der Waals surface area contributed by atoms with E-state index in [0.717, 1.165) is 0 Å². The van der Waals surface area contributed by atoms with Crippen molar-refractivity contribution in [3.63, 3.8) is 0 Å². The second-order valence-electron chi connectivity index (χ2n) is 11.9. The minimum atomic E-state index is -1.50. The number of ketones is 2. The van der Waals surface area contributed by atoms with Gasteiger partial charge in [0.05, 0.1) is 52.9 Å². The van der Waals surface area contributed by atoms with E-state index in [-0.39, 0.29) is 86.9 Å². The number of rotatable bonds is 3. The lowest BCUT2D eigenvalue weighted by atomic mass is 9.74. The van der Waals surface area contributed by atoms with Gasteiger partial charge in [0.25, 0.3) is 0 Å². The molecule has 2 aliphatic carbocycles. The summed E-state index contributed by atoms with van der Waals surface area (Å²) < 4.78 is 11.1. The molecule has 0 radical (unpaired) electrons. The maximum absolute atomic E-state index is 13.3. The molecule has 0 bridgehead atoms. The first-order valence-electron chi connectivity index (χ1n) is 13.4. The molecule has 0 heterocycles. The Morgan fingerprint density at radius 3 is 1.90 bits per heavy atom. The number of aliphatic hydroxyl groups is 2. The first-order chi connectivity index (χ1) is 19.7. The monoisotopic (exact) mass is 574 g/mol. The molecule has 4 aromatic carbocycles. The third-order valence-electron chi connectivity index (χ3n) is 8.33. The van der Waals surface area contributed by atoms with Crippen molar-refractivity contribution >= 4 is 33.1 Å². The number of fused-ring (bicyclic) bond motifs is 4. The van der Waals surface area contributed by atoms with Crippen molar-refractivity contribution in [1.82, 2.24) is 0 Å². The molecule has 4 aromatic rings. The Morgan fingerprint density at radius 2 is 1.26 bits per heavy atom. The van der Waals surface area contributed by atoms with Crippen LogP contribution in [0.25, 0.3) is 32.7 Å². The topological polar surface area (TPSA) is 174 Å². The minimum absolute atomic E-state index is 0.00420. The molecule has 6 N–H and O–H groups in total. The number of phenolic OH excluding ortho intramolecular Hbond substituents is 4. The molecule has 0 spiro atoms. The molecule has 0 saturated carbocycles. The highest BCUT2D eigenvalue weighted by Gasteiger charge is 2.40. The van der Waals surface area contributed by atoms with Crippen LogP contribution in [0.5, 0.6) is 34.5 Å². The van der Waals surface area contributed by atoms with Gasteiger partial charge in [-0.2, -0.15) is 0 Å². The van der Waals surface area contributed by atoms with Crippen molar-refractivity contribution in [1.29, 1.82) is 0 Å². The van der Waals surface area contributed by atoms with Crippen molar-refractivity contribution in [2.75, 3.05) is 14.2 Å². The fourth-order valence-corrected chi connectivity index (χ4v) is 6.68. The Kier molecular flexibility index (Phi) is 5.90. The number of hydrogen-bond acceptors (Lipinski definition) is 10. The number of ether oxygens (including phenoxy) is 2. The van der Waals surface area contributed by atoms with Gasteiger partial charge in [-0.25, -0.2) is 0 Å². The van der Waals surface area contributed by atoms with E-state index in [4.69, 9.17) is 9.47 Å². The summed E-state index contributed by atoms with van der Waals surface area (Å²) in [5, 5.41) is 67.5. The first-order valence-corrected chi connectivity index (χ1v) is 13.4. The Labute approximate surface area is 240 Å². The van der Waals surface area contributed by atoms with Crippen molar-refractivity contribution < 1.29 is 49.7 Å². The van der Waals surface area contributed by atoms with E-state index in [1.54, 1.807) is 12.1 Å². The van der Waals surface area contributed by atoms with Gasteiger partial charge in [-0.15, -0.1) is 0 Å². The fourth-order valence-electron chi connectivity index (χ4n) is 6.68. The number of aromatic hydroxyl groups is 4. The molecule has 42 heavy (non-hydrogen) atoms. The smallest absolute Gasteiger partial charge is 0.169 e. The van der Waals surface area contributed by atoms with Crippen LogP contribution in [0.1, 0.15) is 58.5 Å². The van der Waals surface area contributed by atoms with Crippen LogP contribution in [-0.4, -0.2) is 67.6 Å². The van der Waals surface area contributed by atoms with E-state index < -0.39 is 40.0 Å². The summed E-state index contributed by atoms with van der Waals surface area (Å²) >= 11 is 0. The van der Waals surface area contributed by atoms with E-state index in [1.807, 2.05) is 0 Å². The maximum atomic E-state index is 13.3. The summed E-state index contributed by atoms with van der Waals surface area (Å²) in [4.78, 5) is 26.3. The largest absolute Gasteiger partial charge is 0.507 e. The third-order valence-corrected chi connectivity index (χ3v) is 8.33. The van der Waals surface area contributed by atoms with Crippen LogP contribution in [0.3, 0.4) is 0 Å². The van der Waals surface area contributed by atoms with E-state index in [2.05, 4.69) is 0 Å². The van der Waals surface area contributed by atoms with Crippen LogP contribution >= 0.6 is 0 Å². The average Bonchev–Trinajstić information content (AvgIpc) is 2.86. The molecule has 10 heteroatoms. The van der Waals surface area contributed by atoms with Crippen LogP contribution in [0, 0.1) is 0 Å². The molecular formula is C32H30O10. The van der Waals surface area contributed by atoms with Crippen LogP contribution in [0.2, 0.25) is 0 Å². The standard InChI is InChI=1S/C32H30O10/c1-31(39)9-14-5-13-6-21(42-4)27(29(37)23(13)28(36)22(14)19(34)11-31)24-16-7-15(41-3)8-18(33)25(16)30(38)26-17(24)10-32(2,40)12-20(26)35/h5-8,33,36-40H,9-12H2,1-4H3. The zero-order chi connectivity index (χ0) is 30.5. The fraction of sp³-hybridized carbons (Fsp3) is 0.312. The summed E-state index contributed by atoms with van der Waals surface area (Å²) in [6.45, 7) is 3.02. The van der Waals surface area contributed by atoms with Gasteiger partial charge in [0.1, 0.15) is 34.5 Å². The summed E-state index contributed by atoms with van der Waals surface area (Å²) in [6, 6.07) is 5.94. The lowest BCUT2D eigenvalue weighted by Gasteiger charge is -2.33. The molecule has 0 fully saturated rings. The Hall–Kier alpha value is -4.54. The third kappa shape index (κ3) is 3.93. The Bertz CT molecular complexity index is 1880. The molecular weight excluding hydrogens is 544 g/mol. The minimum Gasteiger partial charge on any atom is -0.507 e. The number of benzene rings is 4.